The monoisotopic (exact) mass is 262 g/mol. The van der Waals surface area contributed by atoms with Gasteiger partial charge in [-0.1, -0.05) is 6.07 Å². The molecule has 7 heteroatoms. The highest BCUT2D eigenvalue weighted by Crippen LogP contribution is 1.98. The Kier molecular flexibility index (Phi) is 4.68. The second kappa shape index (κ2) is 6.69. The third-order valence-corrected chi connectivity index (χ3v) is 2.74. The second-order valence-electron chi connectivity index (χ2n) is 4.23. The standard InChI is InChI=1S/C12H18N6O/c13-12(17-10-3-1-2-4-14-10)16-6-8-18-7-5-15-11(19)9-18/h1-4H,5-9H2,(H,15,19)(H3,13,14,16,17). The lowest BCUT2D eigenvalue weighted by Crippen LogP contribution is -2.48. The van der Waals surface area contributed by atoms with Crippen LogP contribution in [-0.2, 0) is 4.79 Å². The summed E-state index contributed by atoms with van der Waals surface area (Å²) in [6, 6.07) is 5.52. The number of piperazine rings is 1. The predicted molar refractivity (Wildman–Crippen MR) is 73.8 cm³/mol. The fourth-order valence-corrected chi connectivity index (χ4v) is 1.80. The Morgan fingerprint density at radius 2 is 2.47 bits per heavy atom. The summed E-state index contributed by atoms with van der Waals surface area (Å²) in [5.41, 5.74) is 5.75. The van der Waals surface area contributed by atoms with Gasteiger partial charge in [0, 0.05) is 25.8 Å². The van der Waals surface area contributed by atoms with Crippen molar-refractivity contribution < 1.29 is 4.79 Å². The van der Waals surface area contributed by atoms with E-state index in [0.29, 0.717) is 31.4 Å². The van der Waals surface area contributed by atoms with E-state index in [-0.39, 0.29) is 5.91 Å². The Labute approximate surface area is 111 Å². The van der Waals surface area contributed by atoms with Crippen molar-refractivity contribution in [2.24, 2.45) is 10.7 Å². The first-order chi connectivity index (χ1) is 9.24. The number of aromatic nitrogens is 1. The summed E-state index contributed by atoms with van der Waals surface area (Å²) in [7, 11) is 0. The molecule has 1 amide bonds. The molecule has 0 bridgehead atoms. The first-order valence-electron chi connectivity index (χ1n) is 6.21. The van der Waals surface area contributed by atoms with E-state index in [2.05, 4.69) is 25.5 Å². The number of aliphatic imine (C=N–C) groups is 1. The number of nitrogens with zero attached hydrogens (tertiary/aromatic N) is 3. The number of pyridine rings is 1. The number of amides is 1. The van der Waals surface area contributed by atoms with Gasteiger partial charge in [-0.25, -0.2) is 4.98 Å². The summed E-state index contributed by atoms with van der Waals surface area (Å²) in [6.07, 6.45) is 1.68. The molecule has 1 saturated heterocycles. The lowest BCUT2D eigenvalue weighted by molar-refractivity contribution is -0.124. The van der Waals surface area contributed by atoms with Gasteiger partial charge >= 0.3 is 0 Å². The summed E-state index contributed by atoms with van der Waals surface area (Å²) < 4.78 is 0. The Morgan fingerprint density at radius 1 is 1.58 bits per heavy atom. The molecule has 1 aliphatic rings. The van der Waals surface area contributed by atoms with Gasteiger partial charge in [-0.2, -0.15) is 0 Å². The Hall–Kier alpha value is -2.15. The molecule has 0 aliphatic carbocycles. The van der Waals surface area contributed by atoms with E-state index in [0.717, 1.165) is 13.1 Å². The largest absolute Gasteiger partial charge is 0.370 e. The van der Waals surface area contributed by atoms with Crippen LogP contribution in [0.3, 0.4) is 0 Å². The van der Waals surface area contributed by atoms with Crippen LogP contribution in [0.1, 0.15) is 0 Å². The normalized spacial score (nSPS) is 17.1. The third-order valence-electron chi connectivity index (χ3n) is 2.74. The molecule has 2 heterocycles. The van der Waals surface area contributed by atoms with Crippen LogP contribution in [0, 0.1) is 0 Å². The van der Waals surface area contributed by atoms with Gasteiger partial charge in [0.25, 0.3) is 0 Å². The van der Waals surface area contributed by atoms with Gasteiger partial charge in [0.1, 0.15) is 5.82 Å². The predicted octanol–water partition coefficient (Wildman–Crippen LogP) is -0.760. The number of hydrogen-bond donors (Lipinski definition) is 3. The Balaban J connectivity index is 1.74. The molecule has 1 aromatic rings. The lowest BCUT2D eigenvalue weighted by atomic mass is 10.3. The van der Waals surface area contributed by atoms with Crippen molar-refractivity contribution in [1.82, 2.24) is 15.2 Å². The van der Waals surface area contributed by atoms with E-state index >= 15 is 0 Å². The maximum atomic E-state index is 11.2. The zero-order valence-electron chi connectivity index (χ0n) is 10.7. The molecule has 0 aromatic carbocycles. The molecule has 0 radical (unpaired) electrons. The van der Waals surface area contributed by atoms with Gasteiger partial charge in [0.15, 0.2) is 5.96 Å². The average Bonchev–Trinajstić information content (AvgIpc) is 2.40. The minimum Gasteiger partial charge on any atom is -0.370 e. The quantitative estimate of drug-likeness (QED) is 0.490. The van der Waals surface area contributed by atoms with Crippen molar-refractivity contribution in [3.8, 4) is 0 Å². The molecule has 1 aromatic heterocycles. The number of hydrogen-bond acceptors (Lipinski definition) is 4. The maximum absolute atomic E-state index is 11.2. The van der Waals surface area contributed by atoms with Crippen LogP contribution in [-0.4, -0.2) is 54.5 Å². The molecule has 102 valence electrons. The molecule has 7 nitrogen and oxygen atoms in total. The fraction of sp³-hybridized carbons (Fsp3) is 0.417. The number of nitrogens with one attached hydrogen (secondary N) is 2. The number of rotatable bonds is 4. The van der Waals surface area contributed by atoms with Crippen LogP contribution in [0.25, 0.3) is 0 Å². The van der Waals surface area contributed by atoms with Crippen LogP contribution >= 0.6 is 0 Å². The molecule has 0 unspecified atom stereocenters. The van der Waals surface area contributed by atoms with Crippen LogP contribution in [0.2, 0.25) is 0 Å². The first kappa shape index (κ1) is 13.3. The van der Waals surface area contributed by atoms with E-state index < -0.39 is 0 Å². The summed E-state index contributed by atoms with van der Waals surface area (Å²) in [5.74, 6) is 1.07. The highest BCUT2D eigenvalue weighted by atomic mass is 16.2. The molecule has 1 aliphatic heterocycles. The maximum Gasteiger partial charge on any atom is 0.234 e. The highest BCUT2D eigenvalue weighted by Gasteiger charge is 2.14. The van der Waals surface area contributed by atoms with Crippen molar-refractivity contribution in [2.45, 2.75) is 0 Å². The Bertz CT molecular complexity index is 447. The molecule has 0 saturated carbocycles. The molecule has 1 fully saturated rings. The summed E-state index contributed by atoms with van der Waals surface area (Å²) >= 11 is 0. The summed E-state index contributed by atoms with van der Waals surface area (Å²) in [4.78, 5) is 21.5. The second-order valence-corrected chi connectivity index (χ2v) is 4.23. The van der Waals surface area contributed by atoms with E-state index in [1.807, 2.05) is 18.2 Å². The average molecular weight is 262 g/mol. The number of anilines is 1. The summed E-state index contributed by atoms with van der Waals surface area (Å²) in [5, 5.41) is 5.69. The zero-order valence-corrected chi connectivity index (χ0v) is 10.7. The molecular weight excluding hydrogens is 244 g/mol. The van der Waals surface area contributed by atoms with Crippen molar-refractivity contribution >= 4 is 17.7 Å². The molecular formula is C12H18N6O. The van der Waals surface area contributed by atoms with Crippen molar-refractivity contribution in [2.75, 3.05) is 38.0 Å². The molecule has 0 atom stereocenters. The van der Waals surface area contributed by atoms with Gasteiger partial charge in [0.05, 0.1) is 13.1 Å². The number of carbonyl (C=O) groups excluding carboxylic acids is 1. The van der Waals surface area contributed by atoms with Gasteiger partial charge in [-0.15, -0.1) is 0 Å². The smallest absolute Gasteiger partial charge is 0.234 e. The van der Waals surface area contributed by atoms with Gasteiger partial charge in [-0.3, -0.25) is 14.7 Å². The van der Waals surface area contributed by atoms with Gasteiger partial charge in [-0.05, 0) is 12.1 Å². The number of guanidine groups is 1. The zero-order chi connectivity index (χ0) is 13.5. The number of carbonyl (C=O) groups is 1. The van der Waals surface area contributed by atoms with Crippen LogP contribution in [0.4, 0.5) is 5.82 Å². The van der Waals surface area contributed by atoms with E-state index in [9.17, 15) is 4.79 Å². The summed E-state index contributed by atoms with van der Waals surface area (Å²) in [6.45, 7) is 3.26. The van der Waals surface area contributed by atoms with Crippen LogP contribution < -0.4 is 16.4 Å². The fourth-order valence-electron chi connectivity index (χ4n) is 1.80. The minimum absolute atomic E-state index is 0.0646. The topological polar surface area (TPSA) is 95.6 Å². The highest BCUT2D eigenvalue weighted by molar-refractivity contribution is 5.91. The molecule has 19 heavy (non-hydrogen) atoms. The SMILES string of the molecule is NC(=NCCN1CCNC(=O)C1)Nc1ccccn1. The van der Waals surface area contributed by atoms with E-state index in [1.54, 1.807) is 6.20 Å². The lowest BCUT2D eigenvalue weighted by Gasteiger charge is -2.25. The molecule has 4 N–H and O–H groups in total. The van der Waals surface area contributed by atoms with Crippen molar-refractivity contribution in [3.05, 3.63) is 24.4 Å². The third kappa shape index (κ3) is 4.55. The Morgan fingerprint density at radius 3 is 3.21 bits per heavy atom. The molecule has 0 spiro atoms. The van der Waals surface area contributed by atoms with Crippen molar-refractivity contribution in [3.63, 3.8) is 0 Å². The first-order valence-corrected chi connectivity index (χ1v) is 6.21. The van der Waals surface area contributed by atoms with E-state index in [1.165, 1.54) is 0 Å². The minimum atomic E-state index is 0.0646. The van der Waals surface area contributed by atoms with E-state index in [4.69, 9.17) is 5.73 Å². The van der Waals surface area contributed by atoms with Gasteiger partial charge in [0.2, 0.25) is 5.91 Å². The number of nitrogens with two attached hydrogens (primary N) is 1. The molecule has 2 rings (SSSR count). The van der Waals surface area contributed by atoms with Gasteiger partial charge < -0.3 is 16.4 Å². The van der Waals surface area contributed by atoms with Crippen LogP contribution in [0.5, 0.6) is 0 Å². The van der Waals surface area contributed by atoms with Crippen LogP contribution in [0.15, 0.2) is 29.4 Å². The van der Waals surface area contributed by atoms with Crippen molar-refractivity contribution in [1.29, 1.82) is 0 Å².